The van der Waals surface area contributed by atoms with Crippen LogP contribution in [0.15, 0.2) is 42.7 Å². The fraction of sp³-hybridized carbons (Fsp3) is 0.250. The topological polar surface area (TPSA) is 60.2 Å². The van der Waals surface area contributed by atoms with Crippen LogP contribution >= 0.6 is 0 Å². The summed E-state index contributed by atoms with van der Waals surface area (Å²) in [4.78, 5) is 4.48. The largest absolute Gasteiger partial charge is 0.435 e. The summed E-state index contributed by atoms with van der Waals surface area (Å²) in [5.41, 5.74) is 1.50. The molecule has 21 heavy (non-hydrogen) atoms. The minimum atomic E-state index is -0.115. The summed E-state index contributed by atoms with van der Waals surface area (Å²) < 4.78 is 7.61. The van der Waals surface area contributed by atoms with Gasteiger partial charge >= 0.3 is 0 Å². The third kappa shape index (κ3) is 2.87. The van der Waals surface area contributed by atoms with E-state index >= 15 is 0 Å². The van der Waals surface area contributed by atoms with Gasteiger partial charge in [0.05, 0.1) is 24.5 Å². The molecule has 5 nitrogen and oxygen atoms in total. The molecule has 1 aromatic carbocycles. The first-order valence-corrected chi connectivity index (χ1v) is 7.00. The molecule has 0 aliphatic carbocycles. The molecule has 0 amide bonds. The number of fused-ring (bicyclic) bond motifs is 1. The Morgan fingerprint density at radius 3 is 2.95 bits per heavy atom. The van der Waals surface area contributed by atoms with Crippen molar-refractivity contribution in [1.82, 2.24) is 14.8 Å². The zero-order valence-electron chi connectivity index (χ0n) is 11.9. The van der Waals surface area contributed by atoms with Crippen molar-refractivity contribution in [2.24, 2.45) is 0 Å². The third-order valence-corrected chi connectivity index (χ3v) is 3.21. The predicted octanol–water partition coefficient (Wildman–Crippen LogP) is 3.13. The molecule has 0 aliphatic heterocycles. The van der Waals surface area contributed by atoms with Gasteiger partial charge in [-0.1, -0.05) is 25.1 Å². The molecule has 0 aliphatic rings. The van der Waals surface area contributed by atoms with E-state index in [0.29, 0.717) is 17.2 Å². The van der Waals surface area contributed by atoms with Crippen molar-refractivity contribution in [3.8, 4) is 11.6 Å². The molecule has 2 aromatic heterocycles. The van der Waals surface area contributed by atoms with Gasteiger partial charge in [0, 0.05) is 17.5 Å². The molecule has 0 saturated carbocycles. The van der Waals surface area contributed by atoms with Crippen LogP contribution in [0.2, 0.25) is 0 Å². The Kier molecular flexibility index (Phi) is 3.83. The molecule has 0 spiro atoms. The summed E-state index contributed by atoms with van der Waals surface area (Å²) in [7, 11) is 0. The Morgan fingerprint density at radius 2 is 2.14 bits per heavy atom. The lowest BCUT2D eigenvalue weighted by Gasteiger charge is -2.08. The van der Waals surface area contributed by atoms with E-state index < -0.39 is 0 Å². The number of aryl methyl sites for hydroxylation is 1. The van der Waals surface area contributed by atoms with Crippen LogP contribution in [0.3, 0.4) is 0 Å². The van der Waals surface area contributed by atoms with Crippen molar-refractivity contribution < 1.29 is 9.84 Å². The SMILES string of the molecule is CCCn1cc(Oc2nc3ccccc3cc2CO)cn1. The smallest absolute Gasteiger partial charge is 0.225 e. The fourth-order valence-electron chi connectivity index (χ4n) is 2.20. The van der Waals surface area contributed by atoms with Crippen molar-refractivity contribution in [2.45, 2.75) is 26.5 Å². The number of nitrogens with zero attached hydrogens (tertiary/aromatic N) is 3. The van der Waals surface area contributed by atoms with E-state index in [1.165, 1.54) is 0 Å². The van der Waals surface area contributed by atoms with Gasteiger partial charge in [0.15, 0.2) is 5.75 Å². The van der Waals surface area contributed by atoms with Gasteiger partial charge in [0.25, 0.3) is 0 Å². The number of aliphatic hydroxyl groups is 1. The molecule has 0 radical (unpaired) electrons. The molecule has 0 atom stereocenters. The van der Waals surface area contributed by atoms with Crippen molar-refractivity contribution in [3.05, 3.63) is 48.3 Å². The molecule has 108 valence electrons. The second-order valence-corrected chi connectivity index (χ2v) is 4.84. The predicted molar refractivity (Wildman–Crippen MR) is 80.3 cm³/mol. The van der Waals surface area contributed by atoms with Crippen molar-refractivity contribution >= 4 is 10.9 Å². The normalized spacial score (nSPS) is 11.0. The van der Waals surface area contributed by atoms with Gasteiger partial charge in [-0.3, -0.25) is 4.68 Å². The Bertz CT molecular complexity index is 752. The number of benzene rings is 1. The van der Waals surface area contributed by atoms with Crippen molar-refractivity contribution in [3.63, 3.8) is 0 Å². The van der Waals surface area contributed by atoms with Gasteiger partial charge in [0.2, 0.25) is 5.88 Å². The van der Waals surface area contributed by atoms with Crippen LogP contribution < -0.4 is 4.74 Å². The number of rotatable bonds is 5. The summed E-state index contributed by atoms with van der Waals surface area (Å²) in [6.45, 7) is 2.83. The van der Waals surface area contributed by atoms with Gasteiger partial charge in [-0.2, -0.15) is 5.10 Å². The van der Waals surface area contributed by atoms with Crippen LogP contribution in [0.4, 0.5) is 0 Å². The molecule has 0 fully saturated rings. The van der Waals surface area contributed by atoms with E-state index in [4.69, 9.17) is 4.74 Å². The second-order valence-electron chi connectivity index (χ2n) is 4.84. The van der Waals surface area contributed by atoms with Gasteiger partial charge in [-0.25, -0.2) is 4.98 Å². The summed E-state index contributed by atoms with van der Waals surface area (Å²) in [6, 6.07) is 9.65. The average Bonchev–Trinajstić information content (AvgIpc) is 2.94. The van der Waals surface area contributed by atoms with E-state index in [0.717, 1.165) is 23.9 Å². The lowest BCUT2D eigenvalue weighted by Crippen LogP contribution is -1.96. The molecular weight excluding hydrogens is 266 g/mol. The number of hydrogen-bond donors (Lipinski definition) is 1. The highest BCUT2D eigenvalue weighted by atomic mass is 16.5. The summed E-state index contributed by atoms with van der Waals surface area (Å²) in [5, 5.41) is 14.7. The monoisotopic (exact) mass is 283 g/mol. The fourth-order valence-corrected chi connectivity index (χ4v) is 2.20. The minimum Gasteiger partial charge on any atom is -0.435 e. The number of aliphatic hydroxyl groups excluding tert-OH is 1. The van der Waals surface area contributed by atoms with Crippen LogP contribution in [-0.2, 0) is 13.2 Å². The van der Waals surface area contributed by atoms with Crippen molar-refractivity contribution in [2.75, 3.05) is 0 Å². The number of para-hydroxylation sites is 1. The molecule has 0 bridgehead atoms. The van der Waals surface area contributed by atoms with E-state index in [1.54, 1.807) is 6.20 Å². The second kappa shape index (κ2) is 5.93. The minimum absolute atomic E-state index is 0.115. The maximum Gasteiger partial charge on any atom is 0.225 e. The van der Waals surface area contributed by atoms with Gasteiger partial charge < -0.3 is 9.84 Å². The van der Waals surface area contributed by atoms with Gasteiger partial charge in [0.1, 0.15) is 0 Å². The Labute approximate surface area is 122 Å². The standard InChI is InChI=1S/C16H17N3O2/c1-2-7-19-10-14(9-17-19)21-16-13(11-20)8-12-5-3-4-6-15(12)18-16/h3-6,8-10,20H,2,7,11H2,1H3. The van der Waals surface area contributed by atoms with Gasteiger partial charge in [-0.15, -0.1) is 0 Å². The highest BCUT2D eigenvalue weighted by Crippen LogP contribution is 2.26. The van der Waals surface area contributed by atoms with Crippen LogP contribution in [0, 0.1) is 0 Å². The molecule has 5 heteroatoms. The summed E-state index contributed by atoms with van der Waals surface area (Å²) in [6.07, 6.45) is 4.51. The van der Waals surface area contributed by atoms with E-state index in [9.17, 15) is 5.11 Å². The van der Waals surface area contributed by atoms with E-state index in [-0.39, 0.29) is 6.61 Å². The Morgan fingerprint density at radius 1 is 1.29 bits per heavy atom. The van der Waals surface area contributed by atoms with Gasteiger partial charge in [-0.05, 0) is 18.6 Å². The lowest BCUT2D eigenvalue weighted by atomic mass is 10.1. The number of hydrogen-bond acceptors (Lipinski definition) is 4. The van der Waals surface area contributed by atoms with E-state index in [2.05, 4.69) is 17.0 Å². The number of aromatic nitrogens is 3. The lowest BCUT2D eigenvalue weighted by molar-refractivity contribution is 0.275. The van der Waals surface area contributed by atoms with Crippen molar-refractivity contribution in [1.29, 1.82) is 0 Å². The molecular formula is C16H17N3O2. The highest BCUT2D eigenvalue weighted by molar-refractivity contribution is 5.80. The Balaban J connectivity index is 1.94. The molecule has 0 saturated heterocycles. The van der Waals surface area contributed by atoms with Crippen LogP contribution in [0.5, 0.6) is 11.6 Å². The molecule has 0 unspecified atom stereocenters. The van der Waals surface area contributed by atoms with E-state index in [1.807, 2.05) is 41.2 Å². The first-order chi connectivity index (χ1) is 10.3. The van der Waals surface area contributed by atoms with Crippen LogP contribution in [-0.4, -0.2) is 19.9 Å². The number of ether oxygens (including phenoxy) is 1. The Hall–Kier alpha value is -2.40. The number of pyridine rings is 1. The first kappa shape index (κ1) is 13.6. The zero-order valence-corrected chi connectivity index (χ0v) is 11.9. The molecule has 3 aromatic rings. The maximum atomic E-state index is 9.50. The quantitative estimate of drug-likeness (QED) is 0.781. The zero-order chi connectivity index (χ0) is 14.7. The summed E-state index contributed by atoms with van der Waals surface area (Å²) in [5.74, 6) is 1.05. The molecule has 2 heterocycles. The molecule has 3 rings (SSSR count). The molecule has 1 N–H and O–H groups in total. The summed E-state index contributed by atoms with van der Waals surface area (Å²) >= 11 is 0. The average molecular weight is 283 g/mol. The third-order valence-electron chi connectivity index (χ3n) is 3.21. The maximum absolute atomic E-state index is 9.50. The highest BCUT2D eigenvalue weighted by Gasteiger charge is 2.10. The van der Waals surface area contributed by atoms with Crippen LogP contribution in [0.25, 0.3) is 10.9 Å². The first-order valence-electron chi connectivity index (χ1n) is 7.00. The van der Waals surface area contributed by atoms with Crippen LogP contribution in [0.1, 0.15) is 18.9 Å².